The Labute approximate surface area is 140 Å². The number of hydrogen-bond donors (Lipinski definition) is 1. The molecule has 0 aliphatic rings. The van der Waals surface area contributed by atoms with Crippen LogP contribution in [0.1, 0.15) is 11.1 Å². The van der Waals surface area contributed by atoms with Gasteiger partial charge in [0.05, 0.1) is 24.1 Å². The molecule has 0 bridgehead atoms. The van der Waals surface area contributed by atoms with Crippen molar-refractivity contribution >= 4 is 21.6 Å². The Bertz CT molecular complexity index is 860. The van der Waals surface area contributed by atoms with Crippen molar-refractivity contribution in [3.63, 3.8) is 0 Å². The van der Waals surface area contributed by atoms with E-state index in [9.17, 15) is 13.2 Å². The summed E-state index contributed by atoms with van der Waals surface area (Å²) in [6, 6.07) is 11.9. The summed E-state index contributed by atoms with van der Waals surface area (Å²) in [5, 5.41) is 11.6. The molecule has 1 N–H and O–H groups in total. The van der Waals surface area contributed by atoms with Crippen LogP contribution in [0.3, 0.4) is 0 Å². The molecule has 0 atom stereocenters. The van der Waals surface area contributed by atoms with Gasteiger partial charge in [-0.25, -0.2) is 8.42 Å². The molecule has 2 aromatic rings. The number of carbonyl (C=O) groups is 1. The highest BCUT2D eigenvalue weighted by molar-refractivity contribution is 7.88. The molecule has 8 heteroatoms. The highest BCUT2D eigenvalue weighted by atomic mass is 32.2. The van der Waals surface area contributed by atoms with Crippen molar-refractivity contribution in [1.29, 1.82) is 5.26 Å². The number of hydrogen-bond acceptors (Lipinski definition) is 5. The Morgan fingerprint density at radius 2 is 2.04 bits per heavy atom. The van der Waals surface area contributed by atoms with Crippen molar-refractivity contribution in [2.75, 3.05) is 18.1 Å². The van der Waals surface area contributed by atoms with Gasteiger partial charge in [-0.3, -0.25) is 9.78 Å². The maximum Gasteiger partial charge on any atom is 0.239 e. The molecule has 24 heavy (non-hydrogen) atoms. The smallest absolute Gasteiger partial charge is 0.239 e. The van der Waals surface area contributed by atoms with Crippen LogP contribution in [0.15, 0.2) is 48.8 Å². The molecule has 1 heterocycles. The first-order chi connectivity index (χ1) is 11.4. The van der Waals surface area contributed by atoms with E-state index in [-0.39, 0.29) is 13.1 Å². The van der Waals surface area contributed by atoms with E-state index >= 15 is 0 Å². The molecular weight excluding hydrogens is 328 g/mol. The van der Waals surface area contributed by atoms with E-state index in [0.717, 1.165) is 10.6 Å². The van der Waals surface area contributed by atoms with Gasteiger partial charge in [0.15, 0.2) is 0 Å². The minimum absolute atomic E-state index is 0.0417. The third-order valence-corrected chi connectivity index (χ3v) is 4.39. The molecule has 7 nitrogen and oxygen atoms in total. The summed E-state index contributed by atoms with van der Waals surface area (Å²) in [5.41, 5.74) is 1.33. The zero-order chi connectivity index (χ0) is 17.6. The zero-order valence-electron chi connectivity index (χ0n) is 13.0. The second kappa shape index (κ2) is 7.68. The molecule has 0 saturated carbocycles. The normalized spacial score (nSPS) is 11.0. The molecule has 1 aromatic heterocycles. The molecule has 0 spiro atoms. The maximum atomic E-state index is 12.2. The fraction of sp³-hybridized carbons (Fsp3) is 0.188. The van der Waals surface area contributed by atoms with Crippen LogP contribution in [0, 0.1) is 11.3 Å². The van der Waals surface area contributed by atoms with Crippen molar-refractivity contribution in [1.82, 2.24) is 9.29 Å². The van der Waals surface area contributed by atoms with Crippen LogP contribution in [0.5, 0.6) is 0 Å². The number of benzene rings is 1. The van der Waals surface area contributed by atoms with Crippen LogP contribution < -0.4 is 5.32 Å². The molecule has 1 aromatic carbocycles. The van der Waals surface area contributed by atoms with Crippen LogP contribution in [-0.4, -0.2) is 36.4 Å². The molecule has 0 aliphatic heterocycles. The highest BCUT2D eigenvalue weighted by Crippen LogP contribution is 2.14. The Balaban J connectivity index is 2.12. The lowest BCUT2D eigenvalue weighted by Gasteiger charge is -2.19. The van der Waals surface area contributed by atoms with Crippen LogP contribution in [0.4, 0.5) is 5.69 Å². The van der Waals surface area contributed by atoms with Gasteiger partial charge < -0.3 is 5.32 Å². The van der Waals surface area contributed by atoms with E-state index in [1.807, 2.05) is 6.07 Å². The summed E-state index contributed by atoms with van der Waals surface area (Å²) in [5.74, 6) is -0.521. The van der Waals surface area contributed by atoms with Gasteiger partial charge >= 0.3 is 0 Å². The van der Waals surface area contributed by atoms with Crippen molar-refractivity contribution in [3.8, 4) is 6.07 Å². The average molecular weight is 344 g/mol. The number of sulfonamides is 1. The summed E-state index contributed by atoms with van der Waals surface area (Å²) in [6.45, 7) is -0.312. The number of pyridine rings is 1. The highest BCUT2D eigenvalue weighted by Gasteiger charge is 2.21. The molecule has 0 unspecified atom stereocenters. The van der Waals surface area contributed by atoms with Gasteiger partial charge in [-0.15, -0.1) is 0 Å². The lowest BCUT2D eigenvalue weighted by molar-refractivity contribution is -0.116. The second-order valence-corrected chi connectivity index (χ2v) is 7.08. The van der Waals surface area contributed by atoms with Crippen LogP contribution >= 0.6 is 0 Å². The number of nitrogens with zero attached hydrogens (tertiary/aromatic N) is 3. The van der Waals surface area contributed by atoms with Crippen LogP contribution in [0.2, 0.25) is 0 Å². The number of nitriles is 1. The zero-order valence-corrected chi connectivity index (χ0v) is 13.8. The molecule has 0 fully saturated rings. The number of carbonyl (C=O) groups excluding carboxylic acids is 1. The van der Waals surface area contributed by atoms with Gasteiger partial charge in [-0.1, -0.05) is 18.2 Å². The van der Waals surface area contributed by atoms with E-state index in [2.05, 4.69) is 10.3 Å². The summed E-state index contributed by atoms with van der Waals surface area (Å²) < 4.78 is 24.9. The Morgan fingerprint density at radius 1 is 1.29 bits per heavy atom. The lowest BCUT2D eigenvalue weighted by Crippen LogP contribution is -2.37. The maximum absolute atomic E-state index is 12.2. The van der Waals surface area contributed by atoms with E-state index in [4.69, 9.17) is 5.26 Å². The van der Waals surface area contributed by atoms with Gasteiger partial charge in [0.2, 0.25) is 15.9 Å². The molecule has 124 valence electrons. The number of anilines is 1. The standard InChI is InChI=1S/C16H16N4O3S/c1-24(22,23)20(11-13-5-4-8-18-10-13)12-16(21)19-15-7-3-2-6-14(15)9-17/h2-8,10H,11-12H2,1H3,(H,19,21). The molecule has 0 radical (unpaired) electrons. The molecule has 0 aliphatic carbocycles. The number of rotatable bonds is 6. The predicted octanol–water partition coefficient (Wildman–Crippen LogP) is 1.35. The first kappa shape index (κ1) is 17.6. The van der Waals surface area contributed by atoms with Gasteiger partial charge in [0.1, 0.15) is 6.07 Å². The number of nitrogens with one attached hydrogen (secondary N) is 1. The minimum atomic E-state index is -3.59. The summed E-state index contributed by atoms with van der Waals surface area (Å²) >= 11 is 0. The van der Waals surface area contributed by atoms with Crippen molar-refractivity contribution in [2.45, 2.75) is 6.54 Å². The second-order valence-electron chi connectivity index (χ2n) is 5.10. The summed E-state index contributed by atoms with van der Waals surface area (Å²) in [4.78, 5) is 16.1. The number of para-hydroxylation sites is 1. The van der Waals surface area contributed by atoms with Crippen LogP contribution in [0.25, 0.3) is 0 Å². The molecule has 1 amide bonds. The molecular formula is C16H16N4O3S. The number of aromatic nitrogens is 1. The molecule has 0 saturated heterocycles. The van der Waals surface area contributed by atoms with E-state index in [1.54, 1.807) is 48.8 Å². The van der Waals surface area contributed by atoms with Crippen molar-refractivity contribution in [2.24, 2.45) is 0 Å². The minimum Gasteiger partial charge on any atom is -0.324 e. The number of amides is 1. The van der Waals surface area contributed by atoms with Gasteiger partial charge in [-0.2, -0.15) is 9.57 Å². The summed E-state index contributed by atoms with van der Waals surface area (Å²) in [6.07, 6.45) is 4.17. The largest absolute Gasteiger partial charge is 0.324 e. The fourth-order valence-electron chi connectivity index (χ4n) is 2.03. The van der Waals surface area contributed by atoms with Crippen molar-refractivity contribution in [3.05, 3.63) is 59.9 Å². The predicted molar refractivity (Wildman–Crippen MR) is 89.3 cm³/mol. The first-order valence-corrected chi connectivity index (χ1v) is 8.88. The van der Waals surface area contributed by atoms with Crippen LogP contribution in [-0.2, 0) is 21.4 Å². The quantitative estimate of drug-likeness (QED) is 0.852. The topological polar surface area (TPSA) is 103 Å². The van der Waals surface area contributed by atoms with E-state index in [0.29, 0.717) is 16.8 Å². The van der Waals surface area contributed by atoms with E-state index < -0.39 is 15.9 Å². The SMILES string of the molecule is CS(=O)(=O)N(CC(=O)Nc1ccccc1C#N)Cc1cccnc1. The first-order valence-electron chi connectivity index (χ1n) is 7.03. The Hall–Kier alpha value is -2.76. The van der Waals surface area contributed by atoms with Gasteiger partial charge in [-0.05, 0) is 23.8 Å². The van der Waals surface area contributed by atoms with Crippen molar-refractivity contribution < 1.29 is 13.2 Å². The monoisotopic (exact) mass is 344 g/mol. The van der Waals surface area contributed by atoms with Gasteiger partial charge in [0, 0.05) is 18.9 Å². The van der Waals surface area contributed by atoms with E-state index in [1.165, 1.54) is 0 Å². The Morgan fingerprint density at radius 3 is 2.67 bits per heavy atom. The third kappa shape index (κ3) is 4.87. The fourth-order valence-corrected chi connectivity index (χ4v) is 2.76. The molecule has 2 rings (SSSR count). The average Bonchev–Trinajstić information content (AvgIpc) is 2.55. The third-order valence-electron chi connectivity index (χ3n) is 3.19. The lowest BCUT2D eigenvalue weighted by atomic mass is 10.2. The summed E-state index contributed by atoms with van der Waals surface area (Å²) in [7, 11) is -3.59. The Kier molecular flexibility index (Phi) is 5.63. The van der Waals surface area contributed by atoms with Gasteiger partial charge in [0.25, 0.3) is 0 Å².